The third-order valence-corrected chi connectivity index (χ3v) is 2.60. The molecule has 1 amide bonds. The van der Waals surface area contributed by atoms with Gasteiger partial charge in [-0.3, -0.25) is 4.79 Å². The molecule has 0 N–H and O–H groups in total. The van der Waals surface area contributed by atoms with Crippen molar-refractivity contribution >= 4 is 29.6 Å². The fourth-order valence-electron chi connectivity index (χ4n) is 1.72. The van der Waals surface area contributed by atoms with Crippen molar-refractivity contribution in [1.82, 2.24) is 0 Å². The van der Waals surface area contributed by atoms with Crippen LogP contribution in [-0.4, -0.2) is 30.5 Å². The Morgan fingerprint density at radius 1 is 1.42 bits per heavy atom. The molecule has 98 valence electrons. The van der Waals surface area contributed by atoms with Crippen LogP contribution in [0.1, 0.15) is 6.92 Å². The Morgan fingerprint density at radius 3 is 2.68 bits per heavy atom. The molecule has 6 nitrogen and oxygen atoms in total. The van der Waals surface area contributed by atoms with Crippen LogP contribution in [0.25, 0.3) is 0 Å². The van der Waals surface area contributed by atoms with Crippen molar-refractivity contribution in [3.8, 4) is 0 Å². The molecule has 1 atom stereocenters. The highest BCUT2D eigenvalue weighted by Crippen LogP contribution is 2.23. The van der Waals surface area contributed by atoms with Gasteiger partial charge in [0.25, 0.3) is 5.91 Å². The van der Waals surface area contributed by atoms with E-state index in [2.05, 4.69) is 5.10 Å². The molecule has 6 heteroatoms. The van der Waals surface area contributed by atoms with Gasteiger partial charge in [-0.1, -0.05) is 18.2 Å². The number of nitrogens with zero attached hydrogens (tertiary/aromatic N) is 2. The summed E-state index contributed by atoms with van der Waals surface area (Å²) in [5.41, 5.74) is 0.323. The van der Waals surface area contributed by atoms with Gasteiger partial charge >= 0.3 is 5.97 Å². The zero-order valence-corrected chi connectivity index (χ0v) is 10.3. The average Bonchev–Trinajstić information content (AvgIpc) is 2.77. The third kappa shape index (κ3) is 2.37. The smallest absolute Gasteiger partial charge is 0.355 e. The molecule has 1 unspecified atom stereocenters. The molecule has 0 spiro atoms. The van der Waals surface area contributed by atoms with E-state index in [0.29, 0.717) is 12.0 Å². The number of amides is 1. The summed E-state index contributed by atoms with van der Waals surface area (Å²) >= 11 is 0. The van der Waals surface area contributed by atoms with E-state index in [1.165, 1.54) is 0 Å². The van der Waals surface area contributed by atoms with Gasteiger partial charge in [0.15, 0.2) is 5.71 Å². The lowest BCUT2D eigenvalue weighted by Gasteiger charge is -2.11. The number of para-hydroxylation sites is 1. The van der Waals surface area contributed by atoms with Crippen LogP contribution in [-0.2, 0) is 19.1 Å². The number of rotatable bonds is 4. The molecule has 2 rings (SSSR count). The lowest BCUT2D eigenvalue weighted by Crippen LogP contribution is -2.31. The molecule has 0 aliphatic carbocycles. The normalized spacial score (nSPS) is 18.2. The SMILES string of the molecule is CCOC(=O)C1=NN(c2ccccc2)C(=O)C1C=O. The Bertz CT molecular complexity index is 539. The van der Waals surface area contributed by atoms with Gasteiger partial charge in [-0.2, -0.15) is 10.1 Å². The number of esters is 1. The van der Waals surface area contributed by atoms with Crippen LogP contribution < -0.4 is 5.01 Å². The van der Waals surface area contributed by atoms with Gasteiger partial charge in [0.1, 0.15) is 12.2 Å². The maximum atomic E-state index is 12.0. The Hall–Kier alpha value is -2.50. The summed E-state index contributed by atoms with van der Waals surface area (Å²) in [5, 5.41) is 4.95. The summed E-state index contributed by atoms with van der Waals surface area (Å²) in [5.74, 6) is -2.49. The minimum atomic E-state index is -1.20. The average molecular weight is 260 g/mol. The van der Waals surface area contributed by atoms with Crippen LogP contribution in [0.4, 0.5) is 5.69 Å². The van der Waals surface area contributed by atoms with Crippen LogP contribution in [0.3, 0.4) is 0 Å². The van der Waals surface area contributed by atoms with Gasteiger partial charge < -0.3 is 9.53 Å². The maximum absolute atomic E-state index is 12.0. The summed E-state index contributed by atoms with van der Waals surface area (Å²) in [7, 11) is 0. The lowest BCUT2D eigenvalue weighted by molar-refractivity contribution is -0.136. The number of hydrogen-bond donors (Lipinski definition) is 0. The van der Waals surface area contributed by atoms with E-state index in [1.807, 2.05) is 0 Å². The Labute approximate surface area is 109 Å². The molecule has 19 heavy (non-hydrogen) atoms. The van der Waals surface area contributed by atoms with Crippen LogP contribution >= 0.6 is 0 Å². The summed E-state index contributed by atoms with van der Waals surface area (Å²) < 4.78 is 4.78. The maximum Gasteiger partial charge on any atom is 0.355 e. The number of benzene rings is 1. The van der Waals surface area contributed by atoms with Crippen molar-refractivity contribution in [1.29, 1.82) is 0 Å². The van der Waals surface area contributed by atoms with E-state index < -0.39 is 17.8 Å². The topological polar surface area (TPSA) is 76.0 Å². The number of hydrogen-bond acceptors (Lipinski definition) is 5. The fourth-order valence-corrected chi connectivity index (χ4v) is 1.72. The van der Waals surface area contributed by atoms with E-state index in [4.69, 9.17) is 4.74 Å². The number of carbonyl (C=O) groups excluding carboxylic acids is 3. The summed E-state index contributed by atoms with van der Waals surface area (Å²) in [6.45, 7) is 1.79. The van der Waals surface area contributed by atoms with Crippen molar-refractivity contribution in [2.75, 3.05) is 11.6 Å². The van der Waals surface area contributed by atoms with Gasteiger partial charge in [0, 0.05) is 0 Å². The quantitative estimate of drug-likeness (QED) is 0.455. The molecule has 0 saturated carbocycles. The highest BCUT2D eigenvalue weighted by Gasteiger charge is 2.40. The van der Waals surface area contributed by atoms with Crippen LogP contribution in [0.2, 0.25) is 0 Å². The van der Waals surface area contributed by atoms with Crippen molar-refractivity contribution in [2.45, 2.75) is 6.92 Å². The minimum Gasteiger partial charge on any atom is -0.461 e. The van der Waals surface area contributed by atoms with E-state index >= 15 is 0 Å². The molecule has 0 radical (unpaired) electrons. The number of ether oxygens (including phenoxy) is 1. The second kappa shape index (κ2) is 5.43. The van der Waals surface area contributed by atoms with Crippen molar-refractivity contribution < 1.29 is 19.1 Å². The molecule has 0 saturated heterocycles. The molecule has 1 heterocycles. The number of anilines is 1. The van der Waals surface area contributed by atoms with Crippen molar-refractivity contribution in [3.63, 3.8) is 0 Å². The summed E-state index contributed by atoms with van der Waals surface area (Å²) in [4.78, 5) is 34.7. The first kappa shape index (κ1) is 12.9. The molecule has 1 aliphatic rings. The van der Waals surface area contributed by atoms with Crippen LogP contribution in [0.15, 0.2) is 35.4 Å². The highest BCUT2D eigenvalue weighted by molar-refractivity contribution is 6.47. The summed E-state index contributed by atoms with van der Waals surface area (Å²) in [6.07, 6.45) is 0.404. The monoisotopic (exact) mass is 260 g/mol. The van der Waals surface area contributed by atoms with Crippen molar-refractivity contribution in [3.05, 3.63) is 30.3 Å². The predicted octanol–water partition coefficient (Wildman–Crippen LogP) is 0.767. The van der Waals surface area contributed by atoms with Crippen LogP contribution in [0.5, 0.6) is 0 Å². The second-order valence-electron chi connectivity index (χ2n) is 3.81. The van der Waals surface area contributed by atoms with Gasteiger partial charge in [-0.25, -0.2) is 4.79 Å². The van der Waals surface area contributed by atoms with E-state index in [9.17, 15) is 14.4 Å². The number of hydrazone groups is 1. The van der Waals surface area contributed by atoms with E-state index in [1.54, 1.807) is 37.3 Å². The molecular formula is C13H12N2O4. The first-order valence-corrected chi connectivity index (χ1v) is 5.79. The molecule has 0 bridgehead atoms. The molecule has 0 aromatic heterocycles. The van der Waals surface area contributed by atoms with E-state index in [-0.39, 0.29) is 12.3 Å². The molecule has 1 aromatic carbocycles. The largest absolute Gasteiger partial charge is 0.461 e. The first-order valence-electron chi connectivity index (χ1n) is 5.79. The van der Waals surface area contributed by atoms with Gasteiger partial charge in [-0.05, 0) is 19.1 Å². The Morgan fingerprint density at radius 2 is 2.11 bits per heavy atom. The third-order valence-electron chi connectivity index (χ3n) is 2.60. The van der Waals surface area contributed by atoms with Gasteiger partial charge in [0.05, 0.1) is 12.3 Å². The molecule has 1 aliphatic heterocycles. The summed E-state index contributed by atoms with van der Waals surface area (Å²) in [6, 6.07) is 8.58. The number of carbonyl (C=O) groups is 3. The van der Waals surface area contributed by atoms with Gasteiger partial charge in [-0.15, -0.1) is 0 Å². The Balaban J connectivity index is 2.35. The van der Waals surface area contributed by atoms with Crippen LogP contribution in [0, 0.1) is 5.92 Å². The predicted molar refractivity (Wildman–Crippen MR) is 67.6 cm³/mol. The van der Waals surface area contributed by atoms with Crippen molar-refractivity contribution in [2.24, 2.45) is 11.0 Å². The van der Waals surface area contributed by atoms with Gasteiger partial charge in [0.2, 0.25) is 0 Å². The molecular weight excluding hydrogens is 248 g/mol. The van der Waals surface area contributed by atoms with E-state index in [0.717, 1.165) is 5.01 Å². The minimum absolute atomic E-state index is 0.156. The molecule has 0 fully saturated rings. The Kier molecular flexibility index (Phi) is 3.70. The fraction of sp³-hybridized carbons (Fsp3) is 0.231. The zero-order valence-electron chi connectivity index (χ0n) is 10.3. The first-order chi connectivity index (χ1) is 9.19. The molecule has 1 aromatic rings. The lowest BCUT2D eigenvalue weighted by atomic mass is 10.1. The zero-order chi connectivity index (χ0) is 13.8. The number of aldehydes is 1. The highest BCUT2D eigenvalue weighted by atomic mass is 16.5. The second-order valence-corrected chi connectivity index (χ2v) is 3.81. The standard InChI is InChI=1S/C13H12N2O4/c1-2-19-13(18)11-10(8-16)12(17)15(14-11)9-6-4-3-5-7-9/h3-8,10H,2H2,1H3.